The molecular formula is C30H56N2O6. The van der Waals surface area contributed by atoms with Crippen molar-refractivity contribution >= 4 is 11.9 Å². The Morgan fingerprint density at radius 1 is 0.763 bits per heavy atom. The highest BCUT2D eigenvalue weighted by atomic mass is 16.6. The van der Waals surface area contributed by atoms with E-state index in [1.54, 1.807) is 0 Å². The fourth-order valence-electron chi connectivity index (χ4n) is 6.85. The molecule has 0 saturated carbocycles. The summed E-state index contributed by atoms with van der Waals surface area (Å²) in [5.41, 5.74) is -1.33. The first-order chi connectivity index (χ1) is 17.4. The van der Waals surface area contributed by atoms with Crippen LogP contribution in [0.3, 0.4) is 0 Å². The van der Waals surface area contributed by atoms with Gasteiger partial charge in [-0.15, -0.1) is 0 Å². The number of aliphatic hydroxyl groups excluding tert-OH is 1. The molecule has 222 valence electrons. The van der Waals surface area contributed by atoms with Crippen LogP contribution < -0.4 is 0 Å². The molecule has 0 aromatic carbocycles. The van der Waals surface area contributed by atoms with Crippen LogP contribution in [0.25, 0.3) is 0 Å². The van der Waals surface area contributed by atoms with Gasteiger partial charge in [0.25, 0.3) is 0 Å². The molecule has 0 spiro atoms. The minimum atomic E-state index is -0.430. The van der Waals surface area contributed by atoms with Crippen LogP contribution in [0.4, 0.5) is 0 Å². The van der Waals surface area contributed by atoms with Gasteiger partial charge >= 0.3 is 11.9 Å². The highest BCUT2D eigenvalue weighted by molar-refractivity contribution is 5.72. The smallest absolute Gasteiger partial charge is 0.308 e. The molecule has 8 nitrogen and oxygen atoms in total. The first kappa shape index (κ1) is 33.0. The summed E-state index contributed by atoms with van der Waals surface area (Å²) in [6.07, 6.45) is 8.39. The third-order valence-corrected chi connectivity index (χ3v) is 8.66. The highest BCUT2D eigenvalue weighted by Crippen LogP contribution is 2.40. The van der Waals surface area contributed by atoms with Gasteiger partial charge in [-0.3, -0.25) is 14.5 Å². The molecule has 8 heteroatoms. The van der Waals surface area contributed by atoms with Crippen molar-refractivity contribution in [2.75, 3.05) is 6.73 Å². The van der Waals surface area contributed by atoms with Crippen LogP contribution in [-0.2, 0) is 19.1 Å². The number of piperidine rings is 2. The second-order valence-corrected chi connectivity index (χ2v) is 14.3. The first-order valence-electron chi connectivity index (χ1n) is 14.7. The van der Waals surface area contributed by atoms with E-state index in [0.29, 0.717) is 32.1 Å². The quantitative estimate of drug-likeness (QED) is 0.236. The zero-order valence-corrected chi connectivity index (χ0v) is 25.6. The number of rotatable bonds is 12. The molecule has 0 bridgehead atoms. The van der Waals surface area contributed by atoms with E-state index in [1.165, 1.54) is 5.06 Å². The molecule has 2 rings (SSSR count). The molecule has 0 aromatic rings. The Morgan fingerprint density at radius 3 is 1.74 bits per heavy atom. The fraction of sp³-hybridized carbons (Fsp3) is 0.933. The number of carbonyl (C=O) groups excluding carboxylic acids is 2. The number of esters is 2. The maximum absolute atomic E-state index is 12.7. The molecule has 2 aliphatic rings. The van der Waals surface area contributed by atoms with E-state index >= 15 is 0 Å². The largest absolute Gasteiger partial charge is 0.462 e. The van der Waals surface area contributed by atoms with Gasteiger partial charge in [-0.05, 0) is 68.2 Å². The number of hydroxylamine groups is 2. The molecule has 0 amide bonds. The van der Waals surface area contributed by atoms with E-state index in [0.717, 1.165) is 38.5 Å². The lowest BCUT2D eigenvalue weighted by Gasteiger charge is -2.54. The third kappa shape index (κ3) is 8.90. The molecule has 0 radical (unpaired) electrons. The Balaban J connectivity index is 1.61. The number of carbonyl (C=O) groups is 2. The van der Waals surface area contributed by atoms with Crippen molar-refractivity contribution in [1.82, 2.24) is 9.96 Å². The van der Waals surface area contributed by atoms with Crippen LogP contribution in [0.15, 0.2) is 0 Å². The van der Waals surface area contributed by atoms with Gasteiger partial charge < -0.3 is 19.8 Å². The van der Waals surface area contributed by atoms with Crippen molar-refractivity contribution in [3.8, 4) is 0 Å². The van der Waals surface area contributed by atoms with Crippen molar-refractivity contribution in [3.05, 3.63) is 0 Å². The summed E-state index contributed by atoms with van der Waals surface area (Å²) in [5, 5.41) is 21.6. The van der Waals surface area contributed by atoms with E-state index in [1.807, 2.05) is 34.6 Å². The number of hydrogen-bond donors (Lipinski definition) is 2. The summed E-state index contributed by atoms with van der Waals surface area (Å²) in [7, 11) is 0. The summed E-state index contributed by atoms with van der Waals surface area (Å²) in [6.45, 7) is 18.2. The minimum absolute atomic E-state index is 0.00105. The topological polar surface area (TPSA) is 99.5 Å². The molecule has 2 heterocycles. The van der Waals surface area contributed by atoms with Gasteiger partial charge in [0, 0.05) is 54.3 Å². The van der Waals surface area contributed by atoms with Gasteiger partial charge in [0.2, 0.25) is 0 Å². The van der Waals surface area contributed by atoms with Gasteiger partial charge in [-0.2, -0.15) is 5.06 Å². The van der Waals surface area contributed by atoms with Crippen LogP contribution in [0.2, 0.25) is 0 Å². The summed E-state index contributed by atoms with van der Waals surface area (Å²) in [5.74, 6) is -0.411. The summed E-state index contributed by atoms with van der Waals surface area (Å²) in [4.78, 5) is 27.2. The SMILES string of the molecule is CC(CCCCCCCC(=O)OC1CC(C)(C)N(O)C(C)(C)C1)C(=O)OC1CC(C)(C)N(CO)C(C)(C)C1. The normalized spacial score (nSPS) is 24.6. The first-order valence-corrected chi connectivity index (χ1v) is 14.7. The number of aliphatic hydroxyl groups is 1. The average molecular weight is 541 g/mol. The van der Waals surface area contributed by atoms with Crippen LogP contribution >= 0.6 is 0 Å². The Bertz CT molecular complexity index is 758. The van der Waals surface area contributed by atoms with Crippen LogP contribution in [0, 0.1) is 5.92 Å². The third-order valence-electron chi connectivity index (χ3n) is 8.66. The molecule has 0 aliphatic carbocycles. The monoisotopic (exact) mass is 540 g/mol. The van der Waals surface area contributed by atoms with Gasteiger partial charge in [0.1, 0.15) is 12.2 Å². The van der Waals surface area contributed by atoms with Crippen molar-refractivity contribution in [1.29, 1.82) is 0 Å². The number of likely N-dealkylation sites (tertiary alicyclic amines) is 1. The molecule has 2 aliphatic heterocycles. The van der Waals surface area contributed by atoms with Crippen molar-refractivity contribution < 1.29 is 29.4 Å². The van der Waals surface area contributed by atoms with Gasteiger partial charge in [-0.25, -0.2) is 0 Å². The standard InChI is InChI=1S/C30H56N2O6/c1-22(26(35)38-24-17-27(2,3)31(21-33)28(4,5)18-24)15-13-11-10-12-14-16-25(34)37-23-19-29(6,7)32(36)30(8,9)20-23/h22-24,33,36H,10-21H2,1-9H3. The molecule has 38 heavy (non-hydrogen) atoms. The summed E-state index contributed by atoms with van der Waals surface area (Å²) in [6, 6.07) is 0. The number of nitrogens with zero attached hydrogens (tertiary/aromatic N) is 2. The second-order valence-electron chi connectivity index (χ2n) is 14.3. The Labute approximate surface area is 231 Å². The van der Waals surface area contributed by atoms with E-state index in [4.69, 9.17) is 9.47 Å². The van der Waals surface area contributed by atoms with Crippen LogP contribution in [0.5, 0.6) is 0 Å². The molecule has 2 fully saturated rings. The Morgan fingerprint density at radius 2 is 1.21 bits per heavy atom. The van der Waals surface area contributed by atoms with Crippen LogP contribution in [0.1, 0.15) is 133 Å². The lowest BCUT2D eigenvalue weighted by molar-refractivity contribution is -0.259. The zero-order valence-electron chi connectivity index (χ0n) is 25.6. The van der Waals surface area contributed by atoms with E-state index in [2.05, 4.69) is 32.6 Å². The fourth-order valence-corrected chi connectivity index (χ4v) is 6.85. The number of unbranched alkanes of at least 4 members (excludes halogenated alkanes) is 4. The minimum Gasteiger partial charge on any atom is -0.462 e. The molecule has 2 saturated heterocycles. The van der Waals surface area contributed by atoms with Crippen molar-refractivity contribution in [3.63, 3.8) is 0 Å². The van der Waals surface area contributed by atoms with Crippen LogP contribution in [-0.4, -0.2) is 73.3 Å². The van der Waals surface area contributed by atoms with Crippen molar-refractivity contribution in [2.24, 2.45) is 5.92 Å². The van der Waals surface area contributed by atoms with E-state index < -0.39 is 11.1 Å². The predicted molar refractivity (Wildman–Crippen MR) is 149 cm³/mol. The lowest BCUT2D eigenvalue weighted by Crippen LogP contribution is -2.62. The summed E-state index contributed by atoms with van der Waals surface area (Å²) < 4.78 is 11.7. The molecule has 1 unspecified atom stereocenters. The van der Waals surface area contributed by atoms with Crippen molar-refractivity contribution in [2.45, 2.75) is 167 Å². The number of hydrogen-bond acceptors (Lipinski definition) is 8. The summed E-state index contributed by atoms with van der Waals surface area (Å²) >= 11 is 0. The second kappa shape index (κ2) is 13.0. The molecule has 0 aromatic heterocycles. The molecule has 1 atom stereocenters. The van der Waals surface area contributed by atoms with Gasteiger partial charge in [0.05, 0.1) is 12.6 Å². The van der Waals surface area contributed by atoms with E-state index in [9.17, 15) is 19.9 Å². The average Bonchev–Trinajstić information content (AvgIpc) is 2.74. The predicted octanol–water partition coefficient (Wildman–Crippen LogP) is 5.82. The van der Waals surface area contributed by atoms with E-state index in [-0.39, 0.29) is 47.9 Å². The Kier molecular flexibility index (Phi) is 11.3. The highest BCUT2D eigenvalue weighted by Gasteiger charge is 2.47. The zero-order chi connectivity index (χ0) is 28.9. The molecule has 2 N–H and O–H groups in total. The maximum Gasteiger partial charge on any atom is 0.308 e. The molecular weight excluding hydrogens is 484 g/mol. The lowest BCUT2D eigenvalue weighted by atomic mass is 9.78. The Hall–Kier alpha value is -1.22. The maximum atomic E-state index is 12.7. The number of ether oxygens (including phenoxy) is 2. The van der Waals surface area contributed by atoms with Gasteiger partial charge in [0.15, 0.2) is 0 Å². The van der Waals surface area contributed by atoms with Gasteiger partial charge in [-0.1, -0.05) is 32.6 Å².